The number of esters is 1. The number of aryl methyl sites for hydroxylation is 1. The van der Waals surface area contributed by atoms with E-state index in [2.05, 4.69) is 5.32 Å². The molecule has 0 unspecified atom stereocenters. The predicted octanol–water partition coefficient (Wildman–Crippen LogP) is 0.365. The largest absolute Gasteiger partial charge is 0.465 e. The van der Waals surface area contributed by atoms with Crippen LogP contribution >= 0.6 is 0 Å². The number of cyclic esters (lactones) is 1. The summed E-state index contributed by atoms with van der Waals surface area (Å²) < 4.78 is 32.0. The lowest BCUT2D eigenvalue weighted by Crippen LogP contribution is -2.31. The number of hydrogen-bond acceptors (Lipinski definition) is 5. The molecule has 0 aromatic heterocycles. The van der Waals surface area contributed by atoms with Gasteiger partial charge in [-0.1, -0.05) is 0 Å². The van der Waals surface area contributed by atoms with Crippen LogP contribution in [0.5, 0.6) is 0 Å². The number of fused-ring (bicyclic) bond motifs is 2. The molecule has 0 saturated carbocycles. The molecule has 0 spiro atoms. The second kappa shape index (κ2) is 5.04. The first-order valence-electron chi connectivity index (χ1n) is 7.55. The number of ether oxygens (including phenoxy) is 1. The Morgan fingerprint density at radius 1 is 1.17 bits per heavy atom. The summed E-state index contributed by atoms with van der Waals surface area (Å²) in [6.07, 6.45) is 0.887. The molecule has 1 aromatic rings. The van der Waals surface area contributed by atoms with Gasteiger partial charge in [0.15, 0.2) is 0 Å². The number of hydrogen-bond donors (Lipinski definition) is 1. The van der Waals surface area contributed by atoms with Gasteiger partial charge in [0.2, 0.25) is 15.9 Å². The molecule has 1 amide bonds. The molecule has 1 N–H and O–H groups in total. The zero-order valence-electron chi connectivity index (χ0n) is 12.3. The fraction of sp³-hybridized carbons (Fsp3) is 0.467. The van der Waals surface area contributed by atoms with Gasteiger partial charge in [-0.25, -0.2) is 8.42 Å². The topological polar surface area (TPSA) is 92.8 Å². The number of rotatable bonds is 2. The van der Waals surface area contributed by atoms with E-state index in [-0.39, 0.29) is 35.2 Å². The molecule has 0 bridgehead atoms. The van der Waals surface area contributed by atoms with Crippen LogP contribution in [0.15, 0.2) is 23.1 Å². The van der Waals surface area contributed by atoms with E-state index in [1.807, 2.05) is 0 Å². The quantitative estimate of drug-likeness (QED) is 0.788. The summed E-state index contributed by atoms with van der Waals surface area (Å²) in [5.74, 6) is -0.754. The molecular weight excluding hydrogens is 320 g/mol. The lowest BCUT2D eigenvalue weighted by atomic mass is 10.0. The number of nitrogens with zero attached hydrogens (tertiary/aromatic N) is 1. The number of amides is 1. The first-order chi connectivity index (χ1) is 10.9. The average molecular weight is 336 g/mol. The van der Waals surface area contributed by atoms with Gasteiger partial charge in [-0.3, -0.25) is 9.59 Å². The van der Waals surface area contributed by atoms with Crippen LogP contribution in [0.3, 0.4) is 0 Å². The van der Waals surface area contributed by atoms with Crippen molar-refractivity contribution < 1.29 is 22.7 Å². The minimum absolute atomic E-state index is 0.0470. The minimum atomic E-state index is -3.64. The number of sulfonamides is 1. The van der Waals surface area contributed by atoms with E-state index in [0.29, 0.717) is 31.7 Å². The Bertz CT molecular complexity index is 804. The SMILES string of the molecule is O=C1CCc2cc(S(=O)(=O)N3C[C@@H]4COC(=O)[C@@H]4C3)ccc2N1. The number of nitrogens with one attached hydrogen (secondary N) is 1. The van der Waals surface area contributed by atoms with Crippen LogP contribution in [0.1, 0.15) is 12.0 Å². The van der Waals surface area contributed by atoms with Crippen molar-refractivity contribution in [3.05, 3.63) is 23.8 Å². The van der Waals surface area contributed by atoms with Crippen LogP contribution in [-0.2, 0) is 30.8 Å². The lowest BCUT2D eigenvalue weighted by Gasteiger charge is -2.20. The summed E-state index contributed by atoms with van der Waals surface area (Å²) in [6, 6.07) is 4.76. The Labute approximate surface area is 133 Å². The molecule has 2 saturated heterocycles. The third kappa shape index (κ3) is 2.33. The third-order valence-electron chi connectivity index (χ3n) is 4.76. The number of anilines is 1. The highest BCUT2D eigenvalue weighted by Gasteiger charge is 2.47. The normalized spacial score (nSPS) is 27.3. The van der Waals surface area contributed by atoms with Crippen LogP contribution in [-0.4, -0.2) is 44.3 Å². The number of carbonyl (C=O) groups is 2. The fourth-order valence-corrected chi connectivity index (χ4v) is 5.00. The van der Waals surface area contributed by atoms with Gasteiger partial charge in [-0.2, -0.15) is 4.31 Å². The van der Waals surface area contributed by atoms with Crippen LogP contribution in [0, 0.1) is 11.8 Å². The van der Waals surface area contributed by atoms with Gasteiger partial charge in [-0.15, -0.1) is 0 Å². The smallest absolute Gasteiger partial charge is 0.310 e. The average Bonchev–Trinajstić information content (AvgIpc) is 3.09. The summed E-state index contributed by atoms with van der Waals surface area (Å²) in [6.45, 7) is 0.790. The molecule has 3 aliphatic heterocycles. The van der Waals surface area contributed by atoms with Crippen LogP contribution < -0.4 is 5.32 Å². The summed E-state index contributed by atoms with van der Waals surface area (Å²) in [5, 5.41) is 2.74. The molecule has 23 heavy (non-hydrogen) atoms. The Kier molecular flexibility index (Phi) is 3.21. The predicted molar refractivity (Wildman–Crippen MR) is 80.1 cm³/mol. The van der Waals surface area contributed by atoms with E-state index in [4.69, 9.17) is 4.74 Å². The van der Waals surface area contributed by atoms with Crippen molar-refractivity contribution in [1.82, 2.24) is 4.31 Å². The highest BCUT2D eigenvalue weighted by molar-refractivity contribution is 7.89. The molecule has 2 fully saturated rings. The van der Waals surface area contributed by atoms with E-state index in [1.54, 1.807) is 12.1 Å². The molecule has 122 valence electrons. The van der Waals surface area contributed by atoms with E-state index in [0.717, 1.165) is 5.56 Å². The first-order valence-corrected chi connectivity index (χ1v) is 8.99. The Hall–Kier alpha value is -1.93. The fourth-order valence-electron chi connectivity index (χ4n) is 3.43. The van der Waals surface area contributed by atoms with Gasteiger partial charge in [0.05, 0.1) is 17.4 Å². The molecule has 2 atom stereocenters. The van der Waals surface area contributed by atoms with Crippen LogP contribution in [0.25, 0.3) is 0 Å². The third-order valence-corrected chi connectivity index (χ3v) is 6.59. The van der Waals surface area contributed by atoms with Crippen LogP contribution in [0.4, 0.5) is 5.69 Å². The highest BCUT2D eigenvalue weighted by Crippen LogP contribution is 2.34. The molecule has 1 aromatic carbocycles. The van der Waals surface area contributed by atoms with Gasteiger partial charge < -0.3 is 10.1 Å². The molecule has 3 aliphatic rings. The number of benzene rings is 1. The molecular formula is C15H16N2O5S. The summed E-state index contributed by atoms with van der Waals surface area (Å²) in [4.78, 5) is 23.2. The van der Waals surface area contributed by atoms with Crippen LogP contribution in [0.2, 0.25) is 0 Å². The van der Waals surface area contributed by atoms with Gasteiger partial charge >= 0.3 is 5.97 Å². The van der Waals surface area contributed by atoms with Gasteiger partial charge in [0.1, 0.15) is 0 Å². The first kappa shape index (κ1) is 14.6. The summed E-state index contributed by atoms with van der Waals surface area (Å²) >= 11 is 0. The van der Waals surface area contributed by atoms with Crippen molar-refractivity contribution >= 4 is 27.6 Å². The monoisotopic (exact) mass is 336 g/mol. The van der Waals surface area contributed by atoms with Crippen molar-refractivity contribution in [3.63, 3.8) is 0 Å². The maximum Gasteiger partial charge on any atom is 0.310 e. The second-order valence-electron chi connectivity index (χ2n) is 6.19. The van der Waals surface area contributed by atoms with E-state index >= 15 is 0 Å². The Balaban J connectivity index is 1.62. The van der Waals surface area contributed by atoms with E-state index < -0.39 is 10.0 Å². The maximum absolute atomic E-state index is 12.8. The standard InChI is InChI=1S/C15H16N2O5S/c18-14-4-1-9-5-11(2-3-13(9)16-14)23(20,21)17-6-10-8-22-15(19)12(10)7-17/h2-3,5,10,12H,1,4,6-8H2,(H,16,18)/t10-,12-/m1/s1. The van der Waals surface area contributed by atoms with Crippen molar-refractivity contribution in [3.8, 4) is 0 Å². The maximum atomic E-state index is 12.8. The number of carbonyl (C=O) groups excluding carboxylic acids is 2. The zero-order valence-corrected chi connectivity index (χ0v) is 13.1. The molecule has 0 aliphatic carbocycles. The van der Waals surface area contributed by atoms with Gasteiger partial charge in [0.25, 0.3) is 0 Å². The molecule has 7 nitrogen and oxygen atoms in total. The minimum Gasteiger partial charge on any atom is -0.465 e. The van der Waals surface area contributed by atoms with E-state index in [1.165, 1.54) is 10.4 Å². The Morgan fingerprint density at radius 2 is 2.00 bits per heavy atom. The summed E-state index contributed by atoms with van der Waals surface area (Å²) in [5.41, 5.74) is 1.49. The summed E-state index contributed by atoms with van der Waals surface area (Å²) in [7, 11) is -3.64. The molecule has 8 heteroatoms. The van der Waals surface area contributed by atoms with Crippen molar-refractivity contribution in [2.24, 2.45) is 11.8 Å². The lowest BCUT2D eigenvalue weighted by molar-refractivity contribution is -0.141. The van der Waals surface area contributed by atoms with Crippen molar-refractivity contribution in [2.45, 2.75) is 17.7 Å². The van der Waals surface area contributed by atoms with Gasteiger partial charge in [0, 0.05) is 31.1 Å². The molecule has 4 rings (SSSR count). The van der Waals surface area contributed by atoms with Gasteiger partial charge in [-0.05, 0) is 30.2 Å². The molecule has 3 heterocycles. The highest BCUT2D eigenvalue weighted by atomic mass is 32.2. The second-order valence-corrected chi connectivity index (χ2v) is 8.12. The molecule has 0 radical (unpaired) electrons. The zero-order chi connectivity index (χ0) is 16.2. The van der Waals surface area contributed by atoms with Crippen molar-refractivity contribution in [1.29, 1.82) is 0 Å². The van der Waals surface area contributed by atoms with E-state index in [9.17, 15) is 18.0 Å². The van der Waals surface area contributed by atoms with Crippen molar-refractivity contribution in [2.75, 3.05) is 25.0 Å². The Morgan fingerprint density at radius 3 is 2.78 bits per heavy atom.